The monoisotopic (exact) mass is 441 g/mol. The zero-order chi connectivity index (χ0) is 22.2. The Morgan fingerprint density at radius 1 is 1.13 bits per heavy atom. The van der Waals surface area contributed by atoms with Crippen LogP contribution in [0.15, 0.2) is 53.5 Å². The molecule has 8 nitrogen and oxygen atoms in total. The molecule has 3 aromatic rings. The largest absolute Gasteiger partial charge is 0.493 e. The van der Waals surface area contributed by atoms with Crippen LogP contribution in [0.5, 0.6) is 5.75 Å². The Hall–Kier alpha value is -3.46. The van der Waals surface area contributed by atoms with E-state index in [1.807, 2.05) is 30.3 Å². The van der Waals surface area contributed by atoms with E-state index >= 15 is 0 Å². The predicted molar refractivity (Wildman–Crippen MR) is 118 cm³/mol. The van der Waals surface area contributed by atoms with Gasteiger partial charge >= 0.3 is 5.97 Å². The number of ether oxygens (including phenoxy) is 2. The van der Waals surface area contributed by atoms with Crippen LogP contribution in [0.1, 0.15) is 20.3 Å². The lowest BCUT2D eigenvalue weighted by Gasteiger charge is -2.06. The summed E-state index contributed by atoms with van der Waals surface area (Å²) in [7, 11) is 0. The van der Waals surface area contributed by atoms with Gasteiger partial charge in [-0.2, -0.15) is 4.99 Å². The summed E-state index contributed by atoms with van der Waals surface area (Å²) in [6.45, 7) is 3.55. The van der Waals surface area contributed by atoms with E-state index in [4.69, 9.17) is 9.47 Å². The number of carbonyl (C=O) groups is 3. The maximum atomic E-state index is 12.4. The van der Waals surface area contributed by atoms with Crippen molar-refractivity contribution >= 4 is 45.0 Å². The number of carbonyl (C=O) groups excluding carboxylic acids is 3. The highest BCUT2D eigenvalue weighted by molar-refractivity contribution is 7.16. The van der Waals surface area contributed by atoms with Gasteiger partial charge in [0, 0.05) is 12.6 Å². The van der Waals surface area contributed by atoms with Crippen molar-refractivity contribution < 1.29 is 23.9 Å². The van der Waals surface area contributed by atoms with Gasteiger partial charge in [-0.05, 0) is 37.3 Å². The summed E-state index contributed by atoms with van der Waals surface area (Å²) in [5, 5.41) is 2.72. The lowest BCUT2D eigenvalue weighted by atomic mass is 10.3. The van der Waals surface area contributed by atoms with Crippen LogP contribution in [0, 0.1) is 0 Å². The van der Waals surface area contributed by atoms with E-state index in [1.165, 1.54) is 18.3 Å². The number of fused-ring (bicyclic) bond motifs is 1. The molecule has 0 radical (unpaired) electrons. The Bertz CT molecular complexity index is 1150. The summed E-state index contributed by atoms with van der Waals surface area (Å²) in [6.07, 6.45) is 0.0969. The molecule has 0 aliphatic carbocycles. The number of hydrogen-bond donors (Lipinski definition) is 1. The molecule has 0 aliphatic rings. The van der Waals surface area contributed by atoms with Crippen LogP contribution in [0.25, 0.3) is 10.2 Å². The fourth-order valence-electron chi connectivity index (χ4n) is 2.86. The van der Waals surface area contributed by atoms with Gasteiger partial charge in [0.2, 0.25) is 5.91 Å². The molecule has 0 bridgehead atoms. The average Bonchev–Trinajstić information content (AvgIpc) is 3.04. The molecule has 3 rings (SSSR count). The van der Waals surface area contributed by atoms with Crippen molar-refractivity contribution in [2.45, 2.75) is 26.8 Å². The summed E-state index contributed by atoms with van der Waals surface area (Å²) >= 11 is 1.26. The maximum absolute atomic E-state index is 12.4. The molecule has 0 spiro atoms. The second-order valence-corrected chi connectivity index (χ2v) is 7.57. The van der Waals surface area contributed by atoms with Gasteiger partial charge in [-0.1, -0.05) is 29.5 Å². The minimum absolute atomic E-state index is 0.0695. The van der Waals surface area contributed by atoms with E-state index in [9.17, 15) is 14.4 Å². The molecule has 0 unspecified atom stereocenters. The van der Waals surface area contributed by atoms with E-state index < -0.39 is 5.97 Å². The number of nitrogens with one attached hydrogen (secondary N) is 1. The number of anilines is 1. The molecule has 31 heavy (non-hydrogen) atoms. The fourth-order valence-corrected chi connectivity index (χ4v) is 3.95. The number of thiazole rings is 1. The van der Waals surface area contributed by atoms with E-state index in [-0.39, 0.29) is 38.0 Å². The van der Waals surface area contributed by atoms with Crippen LogP contribution < -0.4 is 14.9 Å². The van der Waals surface area contributed by atoms with Crippen molar-refractivity contribution in [2.75, 3.05) is 18.5 Å². The standard InChI is InChI=1S/C22H23N3O5S/c1-3-29-21(28)14-25-18-10-9-16(23-15(2)26)13-19(18)31-22(25)24-20(27)11-12-30-17-7-5-4-6-8-17/h4-10,13H,3,11-12,14H2,1-2H3,(H,23,26). The smallest absolute Gasteiger partial charge is 0.326 e. The lowest BCUT2D eigenvalue weighted by Crippen LogP contribution is -2.23. The predicted octanol–water partition coefficient (Wildman–Crippen LogP) is 3.12. The molecule has 0 fully saturated rings. The number of aromatic nitrogens is 1. The molecule has 9 heteroatoms. The van der Waals surface area contributed by atoms with Crippen LogP contribution in [0.2, 0.25) is 0 Å². The van der Waals surface area contributed by atoms with Gasteiger partial charge in [-0.3, -0.25) is 14.4 Å². The minimum Gasteiger partial charge on any atom is -0.493 e. The van der Waals surface area contributed by atoms with Gasteiger partial charge in [-0.25, -0.2) is 0 Å². The summed E-state index contributed by atoms with van der Waals surface area (Å²) in [5.41, 5.74) is 1.35. The van der Waals surface area contributed by atoms with E-state index in [1.54, 1.807) is 29.7 Å². The molecular weight excluding hydrogens is 418 g/mol. The Morgan fingerprint density at radius 3 is 2.61 bits per heavy atom. The Kier molecular flexibility index (Phi) is 7.55. The highest BCUT2D eigenvalue weighted by atomic mass is 32.1. The SMILES string of the molecule is CCOC(=O)Cn1c(=NC(=O)CCOc2ccccc2)sc2cc(NC(C)=O)ccc21. The summed E-state index contributed by atoms with van der Waals surface area (Å²) in [6, 6.07) is 14.5. The first-order valence-corrected chi connectivity index (χ1v) is 10.6. The highest BCUT2D eigenvalue weighted by Gasteiger charge is 2.13. The van der Waals surface area contributed by atoms with Crippen molar-refractivity contribution in [3.05, 3.63) is 53.3 Å². The maximum Gasteiger partial charge on any atom is 0.326 e. The van der Waals surface area contributed by atoms with Crippen LogP contribution in [-0.4, -0.2) is 35.6 Å². The lowest BCUT2D eigenvalue weighted by molar-refractivity contribution is -0.143. The quantitative estimate of drug-likeness (QED) is 0.542. The number of para-hydroxylation sites is 1. The van der Waals surface area contributed by atoms with Crippen molar-refractivity contribution in [2.24, 2.45) is 4.99 Å². The van der Waals surface area contributed by atoms with Crippen LogP contribution >= 0.6 is 11.3 Å². The summed E-state index contributed by atoms with van der Waals surface area (Å²) in [4.78, 5) is 40.4. The second-order valence-electron chi connectivity index (χ2n) is 6.56. The van der Waals surface area contributed by atoms with E-state index in [0.717, 1.165) is 10.2 Å². The number of amides is 2. The third-order valence-electron chi connectivity index (χ3n) is 4.14. The van der Waals surface area contributed by atoms with Gasteiger partial charge in [-0.15, -0.1) is 0 Å². The Labute approximate surface area is 183 Å². The number of hydrogen-bond acceptors (Lipinski definition) is 6. The van der Waals surface area contributed by atoms with E-state index in [2.05, 4.69) is 10.3 Å². The third kappa shape index (κ3) is 6.26. The number of benzene rings is 2. The first-order valence-electron chi connectivity index (χ1n) is 9.78. The molecule has 0 atom stereocenters. The zero-order valence-corrected chi connectivity index (χ0v) is 18.1. The second kappa shape index (κ2) is 10.5. The topological polar surface area (TPSA) is 99.0 Å². The van der Waals surface area contributed by atoms with Crippen molar-refractivity contribution in [1.82, 2.24) is 4.57 Å². The molecule has 162 valence electrons. The van der Waals surface area contributed by atoms with Gasteiger partial charge in [0.25, 0.3) is 5.91 Å². The molecule has 2 amide bonds. The van der Waals surface area contributed by atoms with E-state index in [0.29, 0.717) is 16.2 Å². The first-order chi connectivity index (χ1) is 15.0. The van der Waals surface area contributed by atoms with Gasteiger partial charge in [0.05, 0.1) is 29.9 Å². The number of rotatable bonds is 8. The summed E-state index contributed by atoms with van der Waals surface area (Å²) in [5.74, 6) is -0.287. The summed E-state index contributed by atoms with van der Waals surface area (Å²) < 4.78 is 13.0. The Morgan fingerprint density at radius 2 is 1.90 bits per heavy atom. The van der Waals surface area contributed by atoms with Gasteiger partial charge in [0.1, 0.15) is 12.3 Å². The number of nitrogens with zero attached hydrogens (tertiary/aromatic N) is 2. The third-order valence-corrected chi connectivity index (χ3v) is 5.19. The van der Waals surface area contributed by atoms with Crippen molar-refractivity contribution in [3.63, 3.8) is 0 Å². The average molecular weight is 442 g/mol. The van der Waals surface area contributed by atoms with Crippen molar-refractivity contribution in [3.8, 4) is 5.75 Å². The first kappa shape index (κ1) is 22.2. The van der Waals surface area contributed by atoms with Gasteiger partial charge in [0.15, 0.2) is 4.80 Å². The molecule has 1 aromatic heterocycles. The highest BCUT2D eigenvalue weighted by Crippen LogP contribution is 2.22. The zero-order valence-electron chi connectivity index (χ0n) is 17.3. The minimum atomic E-state index is -0.422. The fraction of sp³-hybridized carbons (Fsp3) is 0.273. The molecule has 2 aromatic carbocycles. The van der Waals surface area contributed by atoms with Crippen LogP contribution in [0.4, 0.5) is 5.69 Å². The molecule has 0 saturated heterocycles. The molecule has 1 N–H and O–H groups in total. The molecule has 0 aliphatic heterocycles. The normalized spacial score (nSPS) is 11.4. The Balaban J connectivity index is 1.85. The number of esters is 1. The molecule has 0 saturated carbocycles. The van der Waals surface area contributed by atoms with Crippen molar-refractivity contribution in [1.29, 1.82) is 0 Å². The molecular formula is C22H23N3O5S. The van der Waals surface area contributed by atoms with Gasteiger partial charge < -0.3 is 19.4 Å². The molecule has 1 heterocycles. The van der Waals surface area contributed by atoms with Crippen LogP contribution in [-0.2, 0) is 25.7 Å². The van der Waals surface area contributed by atoms with Crippen LogP contribution in [0.3, 0.4) is 0 Å².